The number of aliphatic carboxylic acids is 1. The van der Waals surface area contributed by atoms with Gasteiger partial charge in [-0.05, 0) is 5.56 Å². The third kappa shape index (κ3) is 2.00. The van der Waals surface area contributed by atoms with E-state index in [1.165, 1.54) is 0 Å². The molecule has 1 aliphatic heterocycles. The van der Waals surface area contributed by atoms with Crippen LogP contribution in [0, 0.1) is 0 Å². The first-order valence-corrected chi connectivity index (χ1v) is 4.28. The van der Waals surface area contributed by atoms with Gasteiger partial charge in [-0.3, -0.25) is 14.9 Å². The molecule has 1 aliphatic rings. The van der Waals surface area contributed by atoms with Gasteiger partial charge in [-0.1, -0.05) is 24.3 Å². The van der Waals surface area contributed by atoms with Crippen LogP contribution in [-0.4, -0.2) is 23.4 Å². The molecule has 2 rings (SSSR count). The van der Waals surface area contributed by atoms with E-state index in [4.69, 9.17) is 5.11 Å². The topological polar surface area (TPSA) is 66.4 Å². The summed E-state index contributed by atoms with van der Waals surface area (Å²) in [6.07, 6.45) is 0. The van der Waals surface area contributed by atoms with Crippen LogP contribution >= 0.6 is 12.4 Å². The van der Waals surface area contributed by atoms with Crippen molar-refractivity contribution in [2.45, 2.75) is 6.04 Å². The fourth-order valence-electron chi connectivity index (χ4n) is 1.62. The first-order valence-electron chi connectivity index (χ1n) is 4.28. The molecule has 0 fully saturated rings. The monoisotopic (exact) mass is 227 g/mol. The third-order valence-corrected chi connectivity index (χ3v) is 2.29. The Morgan fingerprint density at radius 2 is 2.07 bits per heavy atom. The summed E-state index contributed by atoms with van der Waals surface area (Å²) in [5.41, 5.74) is 1.06. The Labute approximate surface area is 92.7 Å². The van der Waals surface area contributed by atoms with Crippen molar-refractivity contribution in [3.8, 4) is 0 Å². The van der Waals surface area contributed by atoms with E-state index in [0.717, 1.165) is 0 Å². The molecule has 1 atom stereocenters. The standard InChI is InChI=1S/C10H9NO3.ClH/c12-8-5-11-9(10(13)14)7-4-2-1-3-6(7)8;/h1-4,9,11H,5H2,(H,13,14);1H. The Kier molecular flexibility index (Phi) is 3.44. The molecule has 1 aromatic rings. The van der Waals surface area contributed by atoms with Crippen LogP contribution in [0.1, 0.15) is 22.0 Å². The molecule has 0 spiro atoms. The molecule has 15 heavy (non-hydrogen) atoms. The second-order valence-electron chi connectivity index (χ2n) is 3.16. The average Bonchev–Trinajstić information content (AvgIpc) is 2.18. The summed E-state index contributed by atoms with van der Waals surface area (Å²) >= 11 is 0. The van der Waals surface area contributed by atoms with Gasteiger partial charge in [0.2, 0.25) is 0 Å². The lowest BCUT2D eigenvalue weighted by molar-refractivity contribution is -0.139. The van der Waals surface area contributed by atoms with Crippen LogP contribution in [0.5, 0.6) is 0 Å². The van der Waals surface area contributed by atoms with Gasteiger partial charge in [0.05, 0.1) is 6.54 Å². The lowest BCUT2D eigenvalue weighted by atomic mass is 9.94. The minimum atomic E-state index is -0.954. The molecule has 0 bridgehead atoms. The van der Waals surface area contributed by atoms with E-state index in [-0.39, 0.29) is 24.7 Å². The SMILES string of the molecule is Cl.O=C1CNC(C(=O)O)c2ccccc21. The Bertz CT molecular complexity index is 405. The van der Waals surface area contributed by atoms with Crippen molar-refractivity contribution in [3.05, 3.63) is 35.4 Å². The number of Topliss-reactive ketones (excluding diaryl/α,β-unsaturated/α-hetero) is 1. The van der Waals surface area contributed by atoms with Crippen LogP contribution in [0.15, 0.2) is 24.3 Å². The summed E-state index contributed by atoms with van der Waals surface area (Å²) < 4.78 is 0. The summed E-state index contributed by atoms with van der Waals surface area (Å²) in [6.45, 7) is 0.0912. The number of carboxylic acids is 1. The molecule has 1 aromatic carbocycles. The van der Waals surface area contributed by atoms with Gasteiger partial charge in [0.1, 0.15) is 6.04 Å². The fraction of sp³-hybridized carbons (Fsp3) is 0.200. The highest BCUT2D eigenvalue weighted by molar-refractivity contribution is 6.02. The van der Waals surface area contributed by atoms with Gasteiger partial charge in [0.15, 0.2) is 5.78 Å². The summed E-state index contributed by atoms with van der Waals surface area (Å²) in [5, 5.41) is 11.6. The molecule has 0 aromatic heterocycles. The largest absolute Gasteiger partial charge is 0.480 e. The number of fused-ring (bicyclic) bond motifs is 1. The van der Waals surface area contributed by atoms with E-state index in [1.54, 1.807) is 24.3 Å². The van der Waals surface area contributed by atoms with Gasteiger partial charge in [-0.2, -0.15) is 0 Å². The zero-order chi connectivity index (χ0) is 10.1. The van der Waals surface area contributed by atoms with Crippen LogP contribution < -0.4 is 5.32 Å². The predicted molar refractivity (Wildman–Crippen MR) is 56.4 cm³/mol. The van der Waals surface area contributed by atoms with E-state index in [0.29, 0.717) is 11.1 Å². The molecule has 2 N–H and O–H groups in total. The molecule has 4 nitrogen and oxygen atoms in total. The van der Waals surface area contributed by atoms with E-state index in [9.17, 15) is 9.59 Å². The van der Waals surface area contributed by atoms with Gasteiger partial charge in [0.25, 0.3) is 0 Å². The van der Waals surface area contributed by atoms with E-state index < -0.39 is 12.0 Å². The zero-order valence-corrected chi connectivity index (χ0v) is 8.58. The molecule has 0 saturated heterocycles. The van der Waals surface area contributed by atoms with Gasteiger partial charge in [-0.25, -0.2) is 0 Å². The van der Waals surface area contributed by atoms with Crippen LogP contribution in [-0.2, 0) is 4.79 Å². The molecule has 1 unspecified atom stereocenters. The first-order chi connectivity index (χ1) is 6.70. The summed E-state index contributed by atoms with van der Waals surface area (Å²) in [7, 11) is 0. The lowest BCUT2D eigenvalue weighted by Gasteiger charge is -2.22. The van der Waals surface area contributed by atoms with Crippen molar-refractivity contribution in [3.63, 3.8) is 0 Å². The number of carbonyl (C=O) groups is 2. The van der Waals surface area contributed by atoms with Crippen molar-refractivity contribution in [1.82, 2.24) is 5.32 Å². The highest BCUT2D eigenvalue weighted by Gasteiger charge is 2.29. The summed E-state index contributed by atoms with van der Waals surface area (Å²) in [6, 6.07) is 6.03. The molecule has 0 saturated carbocycles. The number of ketones is 1. The number of hydrogen-bond acceptors (Lipinski definition) is 3. The fourth-order valence-corrected chi connectivity index (χ4v) is 1.62. The molecule has 80 valence electrons. The number of nitrogens with one attached hydrogen (secondary N) is 1. The first kappa shape index (κ1) is 11.7. The van der Waals surface area contributed by atoms with Crippen LogP contribution in [0.25, 0.3) is 0 Å². The minimum Gasteiger partial charge on any atom is -0.480 e. The second-order valence-corrected chi connectivity index (χ2v) is 3.16. The molecule has 0 amide bonds. The van der Waals surface area contributed by atoms with E-state index in [2.05, 4.69) is 5.32 Å². The van der Waals surface area contributed by atoms with Crippen LogP contribution in [0.2, 0.25) is 0 Å². The summed E-state index contributed by atoms with van der Waals surface area (Å²) in [4.78, 5) is 22.2. The maximum Gasteiger partial charge on any atom is 0.325 e. The molecule has 0 aliphatic carbocycles. The highest BCUT2D eigenvalue weighted by atomic mass is 35.5. The lowest BCUT2D eigenvalue weighted by Crippen LogP contribution is -2.38. The van der Waals surface area contributed by atoms with Crippen molar-refractivity contribution < 1.29 is 14.7 Å². The number of carboxylic acid groups (broad SMARTS) is 1. The number of hydrogen-bond donors (Lipinski definition) is 2. The molecule has 0 radical (unpaired) electrons. The Morgan fingerprint density at radius 3 is 2.73 bits per heavy atom. The molecule has 1 heterocycles. The normalized spacial score (nSPS) is 18.9. The van der Waals surface area contributed by atoms with Crippen molar-refractivity contribution in [2.24, 2.45) is 0 Å². The number of rotatable bonds is 1. The maximum atomic E-state index is 11.4. The van der Waals surface area contributed by atoms with Gasteiger partial charge in [0, 0.05) is 5.56 Å². The summed E-state index contributed by atoms with van der Waals surface area (Å²) in [5.74, 6) is -1.01. The second kappa shape index (κ2) is 4.42. The van der Waals surface area contributed by atoms with E-state index in [1.807, 2.05) is 0 Å². The number of carbonyl (C=O) groups excluding carboxylic acids is 1. The zero-order valence-electron chi connectivity index (χ0n) is 7.77. The molecule has 5 heteroatoms. The average molecular weight is 228 g/mol. The van der Waals surface area contributed by atoms with E-state index >= 15 is 0 Å². The van der Waals surface area contributed by atoms with Gasteiger partial charge in [-0.15, -0.1) is 12.4 Å². The van der Waals surface area contributed by atoms with Gasteiger partial charge >= 0.3 is 5.97 Å². The molecular formula is C10H10ClNO3. The smallest absolute Gasteiger partial charge is 0.325 e. The Morgan fingerprint density at radius 1 is 1.40 bits per heavy atom. The Hall–Kier alpha value is -1.39. The maximum absolute atomic E-state index is 11.4. The van der Waals surface area contributed by atoms with Crippen molar-refractivity contribution >= 4 is 24.2 Å². The van der Waals surface area contributed by atoms with Crippen LogP contribution in [0.4, 0.5) is 0 Å². The predicted octanol–water partition coefficient (Wildman–Crippen LogP) is 1.02. The molecular weight excluding hydrogens is 218 g/mol. The third-order valence-electron chi connectivity index (χ3n) is 2.29. The van der Waals surface area contributed by atoms with Crippen molar-refractivity contribution in [2.75, 3.05) is 6.54 Å². The van der Waals surface area contributed by atoms with Crippen LogP contribution in [0.3, 0.4) is 0 Å². The Balaban J connectivity index is 0.00000112. The number of halogens is 1. The highest BCUT2D eigenvalue weighted by Crippen LogP contribution is 2.22. The number of benzene rings is 1. The minimum absolute atomic E-state index is 0. The van der Waals surface area contributed by atoms with Crippen molar-refractivity contribution in [1.29, 1.82) is 0 Å². The van der Waals surface area contributed by atoms with Gasteiger partial charge < -0.3 is 5.11 Å². The quantitative estimate of drug-likeness (QED) is 0.752.